The summed E-state index contributed by atoms with van der Waals surface area (Å²) in [5.74, 6) is 0.418. The molecule has 0 aromatic heterocycles. The van der Waals surface area contributed by atoms with Gasteiger partial charge in [-0.2, -0.15) is 12.6 Å². The minimum Gasteiger partial charge on any atom is -0.394 e. The fourth-order valence-corrected chi connectivity index (χ4v) is 2.02. The lowest BCUT2D eigenvalue weighted by Gasteiger charge is -2.40. The zero-order chi connectivity index (χ0) is 13.5. The summed E-state index contributed by atoms with van der Waals surface area (Å²) in [7, 11) is 0. The summed E-state index contributed by atoms with van der Waals surface area (Å²) in [4.78, 5) is 0. The van der Waals surface area contributed by atoms with E-state index in [1.54, 1.807) is 6.92 Å². The van der Waals surface area contributed by atoms with E-state index in [4.69, 9.17) is 14.6 Å². The summed E-state index contributed by atoms with van der Waals surface area (Å²) in [6.45, 7) is 3.30. The fourth-order valence-electron chi connectivity index (χ4n) is 1.86. The maximum Gasteiger partial charge on any atom is 0.163 e. The van der Waals surface area contributed by atoms with Gasteiger partial charge in [-0.3, -0.25) is 0 Å². The van der Waals surface area contributed by atoms with Crippen molar-refractivity contribution < 1.29 is 24.8 Å². The van der Waals surface area contributed by atoms with Crippen molar-refractivity contribution >= 4 is 12.6 Å². The molecule has 0 saturated carbocycles. The van der Waals surface area contributed by atoms with E-state index in [0.29, 0.717) is 13.2 Å². The normalized spacial score (nSPS) is 36.8. The molecule has 7 heteroatoms. The highest BCUT2D eigenvalue weighted by Crippen LogP contribution is 2.26. The maximum atomic E-state index is 9.81. The first kappa shape index (κ1) is 16.2. The van der Waals surface area contributed by atoms with Crippen LogP contribution in [0.5, 0.6) is 0 Å². The first-order valence-corrected chi connectivity index (χ1v) is 6.80. The molecule has 18 heavy (non-hydrogen) atoms. The SMILES string of the molecule is CC1C(OCCNCCS)OC(CO)C(O)C1O. The van der Waals surface area contributed by atoms with Crippen LogP contribution in [-0.4, -0.2) is 72.0 Å². The molecule has 4 N–H and O–H groups in total. The van der Waals surface area contributed by atoms with E-state index >= 15 is 0 Å². The summed E-state index contributed by atoms with van der Waals surface area (Å²) in [5, 5.41) is 31.6. The van der Waals surface area contributed by atoms with E-state index in [9.17, 15) is 10.2 Å². The van der Waals surface area contributed by atoms with Crippen molar-refractivity contribution in [2.45, 2.75) is 31.5 Å². The standard InChI is InChI=1S/C11H23NO5S/c1-7-9(14)10(15)8(6-13)17-11(7)16-4-2-12-3-5-18/h7-15,18H,2-6H2,1H3. The second kappa shape index (κ2) is 8.31. The number of thiol groups is 1. The molecule has 0 radical (unpaired) electrons. The monoisotopic (exact) mass is 281 g/mol. The Kier molecular flexibility index (Phi) is 7.47. The highest BCUT2D eigenvalue weighted by Gasteiger charge is 2.42. The third kappa shape index (κ3) is 4.34. The van der Waals surface area contributed by atoms with Crippen molar-refractivity contribution in [3.05, 3.63) is 0 Å². The molecule has 1 fully saturated rings. The molecular formula is C11H23NO5S. The van der Waals surface area contributed by atoms with Gasteiger partial charge in [0.25, 0.3) is 0 Å². The molecule has 1 rings (SSSR count). The molecule has 1 aliphatic rings. The summed E-state index contributed by atoms with van der Waals surface area (Å²) in [6.07, 6.45) is -3.44. The molecule has 0 bridgehead atoms. The Balaban J connectivity index is 2.35. The Morgan fingerprint density at radius 3 is 2.61 bits per heavy atom. The lowest BCUT2D eigenvalue weighted by atomic mass is 9.92. The van der Waals surface area contributed by atoms with Gasteiger partial charge in [-0.05, 0) is 0 Å². The lowest BCUT2D eigenvalue weighted by molar-refractivity contribution is -0.281. The quantitative estimate of drug-likeness (QED) is 0.291. The highest BCUT2D eigenvalue weighted by atomic mass is 32.1. The van der Waals surface area contributed by atoms with Gasteiger partial charge in [-0.1, -0.05) is 6.92 Å². The van der Waals surface area contributed by atoms with Crippen LogP contribution in [0.4, 0.5) is 0 Å². The first-order valence-electron chi connectivity index (χ1n) is 6.17. The van der Waals surface area contributed by atoms with E-state index < -0.39 is 24.6 Å². The van der Waals surface area contributed by atoms with Gasteiger partial charge in [0, 0.05) is 24.8 Å². The number of aliphatic hydroxyl groups excluding tert-OH is 3. The molecule has 0 aromatic rings. The maximum absolute atomic E-state index is 9.81. The Morgan fingerprint density at radius 2 is 2.00 bits per heavy atom. The van der Waals surface area contributed by atoms with Crippen molar-refractivity contribution in [2.24, 2.45) is 5.92 Å². The van der Waals surface area contributed by atoms with Crippen LogP contribution in [0, 0.1) is 5.92 Å². The largest absolute Gasteiger partial charge is 0.394 e. The molecule has 1 heterocycles. The Bertz CT molecular complexity index is 231. The van der Waals surface area contributed by atoms with Crippen molar-refractivity contribution in [1.82, 2.24) is 5.32 Å². The predicted octanol–water partition coefficient (Wildman–Crippen LogP) is -1.40. The van der Waals surface area contributed by atoms with Crippen molar-refractivity contribution in [3.8, 4) is 0 Å². The molecule has 1 aliphatic heterocycles. The molecule has 0 aromatic carbocycles. The topological polar surface area (TPSA) is 91.2 Å². The molecule has 0 aliphatic carbocycles. The van der Waals surface area contributed by atoms with E-state index in [-0.39, 0.29) is 12.5 Å². The van der Waals surface area contributed by atoms with Gasteiger partial charge in [0.05, 0.1) is 19.3 Å². The van der Waals surface area contributed by atoms with Gasteiger partial charge in [0.2, 0.25) is 0 Å². The van der Waals surface area contributed by atoms with Crippen molar-refractivity contribution in [3.63, 3.8) is 0 Å². The molecule has 0 amide bonds. The molecule has 5 unspecified atom stereocenters. The van der Waals surface area contributed by atoms with Crippen LogP contribution in [0.25, 0.3) is 0 Å². The number of rotatable bonds is 7. The molecule has 1 saturated heterocycles. The van der Waals surface area contributed by atoms with Crippen LogP contribution >= 0.6 is 12.6 Å². The molecule has 5 atom stereocenters. The minimum atomic E-state index is -1.08. The molecular weight excluding hydrogens is 258 g/mol. The molecule has 6 nitrogen and oxygen atoms in total. The van der Waals surface area contributed by atoms with Gasteiger partial charge in [-0.15, -0.1) is 0 Å². The average molecular weight is 281 g/mol. The lowest BCUT2D eigenvalue weighted by Crippen LogP contribution is -2.55. The Morgan fingerprint density at radius 1 is 1.28 bits per heavy atom. The number of ether oxygens (including phenoxy) is 2. The molecule has 108 valence electrons. The Labute approximate surface area is 113 Å². The van der Waals surface area contributed by atoms with E-state index in [2.05, 4.69) is 17.9 Å². The average Bonchev–Trinajstić information content (AvgIpc) is 2.38. The predicted molar refractivity (Wildman–Crippen MR) is 69.6 cm³/mol. The van der Waals surface area contributed by atoms with E-state index in [1.807, 2.05) is 0 Å². The van der Waals surface area contributed by atoms with Crippen LogP contribution in [0.15, 0.2) is 0 Å². The van der Waals surface area contributed by atoms with Gasteiger partial charge in [-0.25, -0.2) is 0 Å². The fraction of sp³-hybridized carbons (Fsp3) is 1.00. The summed E-state index contributed by atoms with van der Waals surface area (Å²) in [6, 6.07) is 0. The number of hydrogen-bond donors (Lipinski definition) is 5. The smallest absolute Gasteiger partial charge is 0.163 e. The number of aliphatic hydroxyl groups is 3. The number of hydrogen-bond acceptors (Lipinski definition) is 7. The van der Waals surface area contributed by atoms with Gasteiger partial charge in [0.1, 0.15) is 12.2 Å². The van der Waals surface area contributed by atoms with Gasteiger partial charge in [0.15, 0.2) is 6.29 Å². The van der Waals surface area contributed by atoms with E-state index in [0.717, 1.165) is 12.3 Å². The summed E-state index contributed by atoms with van der Waals surface area (Å²) in [5.41, 5.74) is 0. The van der Waals surface area contributed by atoms with E-state index in [1.165, 1.54) is 0 Å². The van der Waals surface area contributed by atoms with Crippen LogP contribution in [0.3, 0.4) is 0 Å². The zero-order valence-corrected chi connectivity index (χ0v) is 11.4. The summed E-state index contributed by atoms with van der Waals surface area (Å²) < 4.78 is 10.9. The first-order chi connectivity index (χ1) is 8.61. The van der Waals surface area contributed by atoms with Crippen molar-refractivity contribution in [1.29, 1.82) is 0 Å². The van der Waals surface area contributed by atoms with Crippen LogP contribution in [0.2, 0.25) is 0 Å². The second-order valence-electron chi connectivity index (χ2n) is 4.41. The molecule has 0 spiro atoms. The third-order valence-corrected chi connectivity index (χ3v) is 3.26. The summed E-state index contributed by atoms with van der Waals surface area (Å²) >= 11 is 4.07. The second-order valence-corrected chi connectivity index (χ2v) is 4.86. The Hall–Kier alpha value is 0.110. The van der Waals surface area contributed by atoms with Gasteiger partial charge < -0.3 is 30.1 Å². The number of nitrogens with one attached hydrogen (secondary N) is 1. The van der Waals surface area contributed by atoms with Crippen molar-refractivity contribution in [2.75, 3.05) is 32.1 Å². The highest BCUT2D eigenvalue weighted by molar-refractivity contribution is 7.80. The van der Waals surface area contributed by atoms with Crippen LogP contribution < -0.4 is 5.32 Å². The third-order valence-electron chi connectivity index (χ3n) is 3.04. The van der Waals surface area contributed by atoms with Crippen LogP contribution in [-0.2, 0) is 9.47 Å². The van der Waals surface area contributed by atoms with Crippen LogP contribution in [0.1, 0.15) is 6.92 Å². The minimum absolute atomic E-state index is 0.340. The zero-order valence-electron chi connectivity index (χ0n) is 10.5. The van der Waals surface area contributed by atoms with Gasteiger partial charge >= 0.3 is 0 Å².